The highest BCUT2D eigenvalue weighted by Crippen LogP contribution is 2.49. The van der Waals surface area contributed by atoms with Crippen molar-refractivity contribution >= 4 is 0 Å². The normalized spacial score (nSPS) is 41.5. The van der Waals surface area contributed by atoms with Crippen molar-refractivity contribution in [1.29, 1.82) is 0 Å². The maximum absolute atomic E-state index is 12.9. The van der Waals surface area contributed by atoms with Crippen molar-refractivity contribution in [3.8, 4) is 0 Å². The maximum Gasteiger partial charge on any atom is 0.401 e. The van der Waals surface area contributed by atoms with Crippen molar-refractivity contribution in [3.05, 3.63) is 0 Å². The third kappa shape index (κ3) is 2.64. The third-order valence-electron chi connectivity index (χ3n) is 5.40. The average molecular weight is 276 g/mol. The van der Waals surface area contributed by atoms with Crippen LogP contribution in [-0.4, -0.2) is 41.8 Å². The van der Waals surface area contributed by atoms with Crippen molar-refractivity contribution in [2.45, 2.75) is 56.8 Å². The quantitative estimate of drug-likeness (QED) is 0.852. The summed E-state index contributed by atoms with van der Waals surface area (Å²) in [6, 6.07) is 0. The van der Waals surface area contributed by atoms with Crippen molar-refractivity contribution in [1.82, 2.24) is 10.2 Å². The zero-order valence-electron chi connectivity index (χ0n) is 11.7. The molecule has 3 aliphatic rings. The van der Waals surface area contributed by atoms with Crippen LogP contribution < -0.4 is 5.32 Å². The Morgan fingerprint density at radius 1 is 1.11 bits per heavy atom. The topological polar surface area (TPSA) is 15.3 Å². The lowest BCUT2D eigenvalue weighted by molar-refractivity contribution is -0.169. The van der Waals surface area contributed by atoms with E-state index in [2.05, 4.69) is 12.2 Å². The molecule has 2 atom stereocenters. The van der Waals surface area contributed by atoms with E-state index in [9.17, 15) is 13.2 Å². The van der Waals surface area contributed by atoms with E-state index in [4.69, 9.17) is 0 Å². The molecule has 0 aromatic heterocycles. The monoisotopic (exact) mass is 276 g/mol. The highest BCUT2D eigenvalue weighted by Gasteiger charge is 2.55. The molecule has 1 N–H and O–H groups in total. The van der Waals surface area contributed by atoms with Crippen LogP contribution in [0.15, 0.2) is 0 Å². The molecule has 3 fully saturated rings. The second kappa shape index (κ2) is 4.10. The van der Waals surface area contributed by atoms with Crippen LogP contribution >= 0.6 is 0 Å². The first-order valence-corrected chi connectivity index (χ1v) is 7.30. The summed E-state index contributed by atoms with van der Waals surface area (Å²) in [5.74, 6) is 0.998. The predicted octanol–water partition coefficient (Wildman–Crippen LogP) is 2.79. The lowest BCUT2D eigenvalue weighted by Gasteiger charge is -2.53. The summed E-state index contributed by atoms with van der Waals surface area (Å²) < 4.78 is 38.6. The summed E-state index contributed by atoms with van der Waals surface area (Å²) in [6.45, 7) is 4.57. The summed E-state index contributed by atoms with van der Waals surface area (Å²) in [7, 11) is 0. The van der Waals surface area contributed by atoms with Gasteiger partial charge in [-0.2, -0.15) is 13.2 Å². The Hall–Kier alpha value is -0.290. The molecule has 2 unspecified atom stereocenters. The van der Waals surface area contributed by atoms with Crippen LogP contribution in [0, 0.1) is 11.8 Å². The van der Waals surface area contributed by atoms with Crippen molar-refractivity contribution in [2.24, 2.45) is 11.8 Å². The molecule has 110 valence electrons. The maximum atomic E-state index is 12.9. The van der Waals surface area contributed by atoms with Gasteiger partial charge in [-0.3, -0.25) is 4.90 Å². The van der Waals surface area contributed by atoms with Crippen LogP contribution in [0.4, 0.5) is 13.2 Å². The molecular formula is C14H23F3N2. The molecule has 0 amide bonds. The van der Waals surface area contributed by atoms with E-state index in [1.165, 1.54) is 0 Å². The summed E-state index contributed by atoms with van der Waals surface area (Å²) in [5.41, 5.74) is -0.441. The van der Waals surface area contributed by atoms with Crippen molar-refractivity contribution < 1.29 is 13.2 Å². The molecule has 0 radical (unpaired) electrons. The largest absolute Gasteiger partial charge is 0.401 e. The van der Waals surface area contributed by atoms with Gasteiger partial charge in [-0.25, -0.2) is 0 Å². The molecule has 0 aromatic rings. The standard InChI is InChI=1S/C14H23F3N2/c1-12(10-3-4-10)8-19(9-14(15,16)17)13(2,7-18-12)11-5-6-11/h10-11,18H,3-9H2,1-2H3. The van der Waals surface area contributed by atoms with Gasteiger partial charge in [-0.05, 0) is 51.4 Å². The predicted molar refractivity (Wildman–Crippen MR) is 67.9 cm³/mol. The molecule has 19 heavy (non-hydrogen) atoms. The number of nitrogens with one attached hydrogen (secondary N) is 1. The number of alkyl halides is 3. The van der Waals surface area contributed by atoms with Crippen molar-refractivity contribution in [3.63, 3.8) is 0 Å². The molecule has 1 aliphatic heterocycles. The first-order valence-electron chi connectivity index (χ1n) is 7.30. The van der Waals surface area contributed by atoms with Gasteiger partial charge in [-0.1, -0.05) is 0 Å². The average Bonchev–Trinajstić information content (AvgIpc) is 3.16. The van der Waals surface area contributed by atoms with Gasteiger partial charge in [0.15, 0.2) is 0 Å². The van der Waals surface area contributed by atoms with Gasteiger partial charge in [0.05, 0.1) is 6.54 Å². The Labute approximate surface area is 112 Å². The number of piperazine rings is 1. The van der Waals surface area contributed by atoms with E-state index in [1.54, 1.807) is 4.90 Å². The van der Waals surface area contributed by atoms with E-state index >= 15 is 0 Å². The van der Waals surface area contributed by atoms with E-state index in [-0.39, 0.29) is 11.1 Å². The fourth-order valence-electron chi connectivity index (χ4n) is 3.68. The van der Waals surface area contributed by atoms with Crippen LogP contribution in [-0.2, 0) is 0 Å². The van der Waals surface area contributed by atoms with E-state index < -0.39 is 12.7 Å². The van der Waals surface area contributed by atoms with E-state index in [0.717, 1.165) is 25.7 Å². The van der Waals surface area contributed by atoms with Gasteiger partial charge in [0.25, 0.3) is 0 Å². The summed E-state index contributed by atoms with van der Waals surface area (Å²) >= 11 is 0. The smallest absolute Gasteiger partial charge is 0.308 e. The van der Waals surface area contributed by atoms with Gasteiger partial charge in [0, 0.05) is 24.2 Å². The van der Waals surface area contributed by atoms with Gasteiger partial charge in [0.1, 0.15) is 0 Å². The fraction of sp³-hybridized carbons (Fsp3) is 1.00. The minimum absolute atomic E-state index is 0.125. The molecule has 1 saturated heterocycles. The Bertz CT molecular complexity index is 362. The minimum Gasteiger partial charge on any atom is -0.308 e. The highest BCUT2D eigenvalue weighted by atomic mass is 19.4. The van der Waals surface area contributed by atoms with Crippen LogP contribution in [0.1, 0.15) is 39.5 Å². The molecule has 0 aromatic carbocycles. The summed E-state index contributed by atoms with van der Waals surface area (Å²) in [5, 5.41) is 3.58. The Kier molecular flexibility index (Phi) is 2.96. The number of rotatable bonds is 3. The SMILES string of the molecule is CC1(C2CC2)CN(CC(F)(F)F)C(C)(C2CC2)CN1. The molecule has 2 nitrogen and oxygen atoms in total. The lowest BCUT2D eigenvalue weighted by atomic mass is 9.83. The molecule has 2 aliphatic carbocycles. The van der Waals surface area contributed by atoms with Crippen molar-refractivity contribution in [2.75, 3.05) is 19.6 Å². The Morgan fingerprint density at radius 2 is 1.68 bits per heavy atom. The molecule has 3 rings (SSSR count). The first-order chi connectivity index (χ1) is 8.73. The van der Waals surface area contributed by atoms with Crippen LogP contribution in [0.25, 0.3) is 0 Å². The number of hydrogen-bond donors (Lipinski definition) is 1. The summed E-state index contributed by atoms with van der Waals surface area (Å²) in [6.07, 6.45) is 0.365. The number of hydrogen-bond acceptors (Lipinski definition) is 2. The first kappa shape index (κ1) is 13.7. The molecule has 2 saturated carbocycles. The number of nitrogens with zero attached hydrogens (tertiary/aromatic N) is 1. The molecular weight excluding hydrogens is 253 g/mol. The van der Waals surface area contributed by atoms with Gasteiger partial charge >= 0.3 is 6.18 Å². The Morgan fingerprint density at radius 3 is 2.16 bits per heavy atom. The van der Waals surface area contributed by atoms with Crippen LogP contribution in [0.3, 0.4) is 0 Å². The minimum atomic E-state index is -4.10. The van der Waals surface area contributed by atoms with Gasteiger partial charge < -0.3 is 5.32 Å². The lowest BCUT2D eigenvalue weighted by Crippen LogP contribution is -2.70. The van der Waals surface area contributed by atoms with Crippen LogP contribution in [0.5, 0.6) is 0 Å². The zero-order valence-corrected chi connectivity index (χ0v) is 11.7. The van der Waals surface area contributed by atoms with Gasteiger partial charge in [0.2, 0.25) is 0 Å². The molecule has 0 spiro atoms. The molecule has 1 heterocycles. The highest BCUT2D eigenvalue weighted by molar-refractivity contribution is 5.11. The van der Waals surface area contributed by atoms with Gasteiger partial charge in [-0.15, -0.1) is 0 Å². The van der Waals surface area contributed by atoms with Crippen LogP contribution in [0.2, 0.25) is 0 Å². The van der Waals surface area contributed by atoms with E-state index in [1.807, 2.05) is 6.92 Å². The Balaban J connectivity index is 1.79. The fourth-order valence-corrected chi connectivity index (χ4v) is 3.68. The third-order valence-corrected chi connectivity index (χ3v) is 5.40. The second-order valence-corrected chi connectivity index (χ2v) is 7.15. The molecule has 5 heteroatoms. The second-order valence-electron chi connectivity index (χ2n) is 7.15. The zero-order chi connectivity index (χ0) is 13.9. The number of halogens is 3. The molecule has 0 bridgehead atoms. The van der Waals surface area contributed by atoms with E-state index in [0.29, 0.717) is 24.9 Å². The summed E-state index contributed by atoms with van der Waals surface area (Å²) in [4.78, 5) is 1.72.